The molecule has 3 rings (SSSR count). The molecule has 2 N–H and O–H groups in total. The Balaban J connectivity index is 2.27. The highest BCUT2D eigenvalue weighted by molar-refractivity contribution is 9.10. The summed E-state index contributed by atoms with van der Waals surface area (Å²) in [6.45, 7) is 1.94. The Bertz CT molecular complexity index is 895. The molecule has 0 aliphatic carbocycles. The van der Waals surface area contributed by atoms with E-state index < -0.39 is 0 Å². The first-order valence-corrected chi connectivity index (χ1v) is 7.29. The largest absolute Gasteiger partial charge is 0.383 e. The van der Waals surface area contributed by atoms with E-state index in [1.165, 1.54) is 18.5 Å². The number of hydrogen-bond acceptors (Lipinski definition) is 4. The monoisotopic (exact) mass is 359 g/mol. The highest BCUT2D eigenvalue weighted by Gasteiger charge is 2.23. The van der Waals surface area contributed by atoms with Gasteiger partial charge in [0.2, 0.25) is 0 Å². The molecule has 0 spiro atoms. The van der Waals surface area contributed by atoms with Crippen LogP contribution in [0.2, 0.25) is 0 Å². The number of fused-ring (bicyclic) bond motifs is 1. The number of nitrogens with zero attached hydrogens (tertiary/aromatic N) is 4. The van der Waals surface area contributed by atoms with E-state index in [1.807, 2.05) is 11.5 Å². The molecule has 5 nitrogen and oxygen atoms in total. The number of anilines is 1. The maximum atomic E-state index is 13.1. The van der Waals surface area contributed by atoms with Crippen LogP contribution in [0, 0.1) is 17.1 Å². The van der Waals surface area contributed by atoms with E-state index in [0.717, 1.165) is 5.56 Å². The van der Waals surface area contributed by atoms with E-state index in [1.54, 1.807) is 12.1 Å². The minimum absolute atomic E-state index is 0.158. The second kappa shape index (κ2) is 5.39. The summed E-state index contributed by atoms with van der Waals surface area (Å²) < 4.78 is 15.5. The molecule has 0 fully saturated rings. The normalized spacial score (nSPS) is 12.3. The third kappa shape index (κ3) is 2.12. The van der Waals surface area contributed by atoms with Crippen molar-refractivity contribution >= 4 is 32.8 Å². The number of aromatic nitrogens is 3. The standard InChI is InChI=1S/C15H11BrFN5/c1-8(9-2-4-10(17)5-3-9)22-13(16)11(6-18)12-14(19)20-7-21-15(12)22/h2-5,7-8H,1H3,(H2,19,20,21). The maximum absolute atomic E-state index is 13.1. The Morgan fingerprint density at radius 2 is 2.00 bits per heavy atom. The topological polar surface area (TPSA) is 80.5 Å². The average Bonchev–Trinajstić information content (AvgIpc) is 2.80. The Morgan fingerprint density at radius 1 is 1.32 bits per heavy atom. The summed E-state index contributed by atoms with van der Waals surface area (Å²) in [4.78, 5) is 8.20. The van der Waals surface area contributed by atoms with Gasteiger partial charge in [0, 0.05) is 0 Å². The van der Waals surface area contributed by atoms with E-state index in [9.17, 15) is 9.65 Å². The molecule has 3 aromatic rings. The van der Waals surface area contributed by atoms with Gasteiger partial charge in [-0.25, -0.2) is 14.4 Å². The smallest absolute Gasteiger partial charge is 0.148 e. The molecule has 22 heavy (non-hydrogen) atoms. The maximum Gasteiger partial charge on any atom is 0.148 e. The zero-order valence-corrected chi connectivity index (χ0v) is 13.2. The van der Waals surface area contributed by atoms with Crippen LogP contribution in [0.4, 0.5) is 10.2 Å². The Morgan fingerprint density at radius 3 is 2.64 bits per heavy atom. The third-order valence-electron chi connectivity index (χ3n) is 3.60. The van der Waals surface area contributed by atoms with Gasteiger partial charge in [0.25, 0.3) is 0 Å². The van der Waals surface area contributed by atoms with Gasteiger partial charge in [-0.1, -0.05) is 12.1 Å². The summed E-state index contributed by atoms with van der Waals surface area (Å²) in [6.07, 6.45) is 1.36. The molecule has 0 bridgehead atoms. The zero-order chi connectivity index (χ0) is 15.9. The van der Waals surface area contributed by atoms with Crippen LogP contribution in [-0.2, 0) is 0 Å². The van der Waals surface area contributed by atoms with Crippen LogP contribution >= 0.6 is 15.9 Å². The number of nitrogens with two attached hydrogens (primary N) is 1. The fourth-order valence-corrected chi connectivity index (χ4v) is 3.24. The number of halogens is 2. The third-order valence-corrected chi connectivity index (χ3v) is 4.38. The van der Waals surface area contributed by atoms with Crippen molar-refractivity contribution in [1.82, 2.24) is 14.5 Å². The lowest BCUT2D eigenvalue weighted by Gasteiger charge is -2.16. The molecule has 0 aliphatic heterocycles. The van der Waals surface area contributed by atoms with Gasteiger partial charge >= 0.3 is 0 Å². The second-order valence-electron chi connectivity index (χ2n) is 4.83. The van der Waals surface area contributed by atoms with Gasteiger partial charge < -0.3 is 10.3 Å². The molecule has 0 aliphatic rings. The van der Waals surface area contributed by atoms with E-state index >= 15 is 0 Å². The van der Waals surface area contributed by atoms with Crippen molar-refractivity contribution in [3.8, 4) is 6.07 Å². The molecule has 7 heteroatoms. The van der Waals surface area contributed by atoms with E-state index in [0.29, 0.717) is 21.2 Å². The zero-order valence-electron chi connectivity index (χ0n) is 11.6. The summed E-state index contributed by atoms with van der Waals surface area (Å²) in [5, 5.41) is 9.91. The number of nitriles is 1. The summed E-state index contributed by atoms with van der Waals surface area (Å²) in [5.41, 5.74) is 7.73. The van der Waals surface area contributed by atoms with Crippen LogP contribution in [-0.4, -0.2) is 14.5 Å². The summed E-state index contributed by atoms with van der Waals surface area (Å²) in [7, 11) is 0. The Labute approximate surface area is 134 Å². The van der Waals surface area contributed by atoms with Gasteiger partial charge in [-0.2, -0.15) is 5.26 Å². The van der Waals surface area contributed by atoms with Crippen molar-refractivity contribution in [2.24, 2.45) is 0 Å². The van der Waals surface area contributed by atoms with Crippen LogP contribution in [0.5, 0.6) is 0 Å². The molecule has 2 heterocycles. The molecule has 1 atom stereocenters. The molecule has 1 unspecified atom stereocenters. The van der Waals surface area contributed by atoms with Gasteiger partial charge in [-0.3, -0.25) is 0 Å². The SMILES string of the molecule is CC(c1ccc(F)cc1)n1c(Br)c(C#N)c2c(N)ncnc21. The van der Waals surface area contributed by atoms with Crippen molar-refractivity contribution in [2.75, 3.05) is 5.73 Å². The fraction of sp³-hybridized carbons (Fsp3) is 0.133. The molecule has 2 aromatic heterocycles. The molecule has 0 amide bonds. The average molecular weight is 360 g/mol. The molecule has 0 saturated carbocycles. The predicted molar refractivity (Wildman–Crippen MR) is 84.6 cm³/mol. The van der Waals surface area contributed by atoms with Crippen molar-refractivity contribution in [3.63, 3.8) is 0 Å². The number of benzene rings is 1. The van der Waals surface area contributed by atoms with Gasteiger partial charge in [0.05, 0.1) is 17.0 Å². The lowest BCUT2D eigenvalue weighted by atomic mass is 10.1. The Kier molecular flexibility index (Phi) is 3.54. The van der Waals surface area contributed by atoms with Crippen LogP contribution in [0.1, 0.15) is 24.1 Å². The minimum atomic E-state index is -0.295. The molecule has 110 valence electrons. The minimum Gasteiger partial charge on any atom is -0.383 e. The molecular weight excluding hydrogens is 349 g/mol. The fourth-order valence-electron chi connectivity index (χ4n) is 2.47. The lowest BCUT2D eigenvalue weighted by Crippen LogP contribution is -2.08. The lowest BCUT2D eigenvalue weighted by molar-refractivity contribution is 0.617. The summed E-state index contributed by atoms with van der Waals surface area (Å²) >= 11 is 3.44. The summed E-state index contributed by atoms with van der Waals surface area (Å²) in [6, 6.07) is 8.18. The van der Waals surface area contributed by atoms with Crippen molar-refractivity contribution < 1.29 is 4.39 Å². The van der Waals surface area contributed by atoms with Crippen LogP contribution in [0.3, 0.4) is 0 Å². The highest BCUT2D eigenvalue weighted by atomic mass is 79.9. The van der Waals surface area contributed by atoms with E-state index in [-0.39, 0.29) is 17.7 Å². The van der Waals surface area contributed by atoms with Crippen LogP contribution < -0.4 is 5.73 Å². The quantitative estimate of drug-likeness (QED) is 0.760. The summed E-state index contributed by atoms with van der Waals surface area (Å²) in [5.74, 6) is -0.0380. The second-order valence-corrected chi connectivity index (χ2v) is 5.58. The van der Waals surface area contributed by atoms with Gasteiger partial charge in [-0.15, -0.1) is 0 Å². The first-order valence-electron chi connectivity index (χ1n) is 6.50. The van der Waals surface area contributed by atoms with Gasteiger partial charge in [0.1, 0.15) is 34.3 Å². The number of hydrogen-bond donors (Lipinski definition) is 1. The molecule has 1 aromatic carbocycles. The first kappa shape index (κ1) is 14.5. The van der Waals surface area contributed by atoms with Crippen molar-refractivity contribution in [2.45, 2.75) is 13.0 Å². The van der Waals surface area contributed by atoms with Crippen LogP contribution in [0.15, 0.2) is 35.2 Å². The number of nitrogen functional groups attached to an aromatic ring is 1. The number of rotatable bonds is 2. The van der Waals surface area contributed by atoms with Crippen molar-refractivity contribution in [1.29, 1.82) is 5.26 Å². The molecular formula is C15H11BrFN5. The highest BCUT2D eigenvalue weighted by Crippen LogP contribution is 2.35. The molecule has 0 radical (unpaired) electrons. The van der Waals surface area contributed by atoms with Crippen molar-refractivity contribution in [3.05, 3.63) is 52.1 Å². The first-order chi connectivity index (χ1) is 10.5. The van der Waals surface area contributed by atoms with E-state index in [4.69, 9.17) is 5.73 Å². The Hall–Kier alpha value is -2.46. The van der Waals surface area contributed by atoms with E-state index in [2.05, 4.69) is 32.0 Å². The van der Waals surface area contributed by atoms with Crippen LogP contribution in [0.25, 0.3) is 11.0 Å². The predicted octanol–water partition coefficient (Wildman–Crippen LogP) is 3.40. The van der Waals surface area contributed by atoms with Gasteiger partial charge in [-0.05, 0) is 40.5 Å². The molecule has 0 saturated heterocycles. The van der Waals surface area contributed by atoms with Gasteiger partial charge in [0.15, 0.2) is 0 Å².